The maximum absolute atomic E-state index is 11.3. The third kappa shape index (κ3) is 5.51. The third-order valence-electron chi connectivity index (χ3n) is 4.62. The highest BCUT2D eigenvalue weighted by Crippen LogP contribution is 2.12. The molecule has 1 aromatic rings. The Hall–Kier alpha value is -1.56. The molecule has 2 rings (SSSR count). The molecule has 0 amide bonds. The molecule has 1 N–H and O–H groups in total. The highest BCUT2D eigenvalue weighted by atomic mass is 16.3. The quantitative estimate of drug-likeness (QED) is 0.729. The molecule has 1 aliphatic heterocycles. The summed E-state index contributed by atoms with van der Waals surface area (Å²) in [6.45, 7) is 7.25. The first kappa shape index (κ1) is 18.8. The van der Waals surface area contributed by atoms with Crippen LogP contribution in [0.15, 0.2) is 24.3 Å². The number of piperazine rings is 1. The summed E-state index contributed by atoms with van der Waals surface area (Å²) in [5.74, 6) is 0.268. The summed E-state index contributed by atoms with van der Waals surface area (Å²) >= 11 is 0. The summed E-state index contributed by atoms with van der Waals surface area (Å²) in [5, 5.41) is 9.63. The molecular weight excluding hydrogens is 304 g/mol. The van der Waals surface area contributed by atoms with Gasteiger partial charge < -0.3 is 5.11 Å². The van der Waals surface area contributed by atoms with E-state index in [9.17, 15) is 14.7 Å². The van der Waals surface area contributed by atoms with Crippen LogP contribution in [0.5, 0.6) is 0 Å². The summed E-state index contributed by atoms with van der Waals surface area (Å²) in [7, 11) is 0. The van der Waals surface area contributed by atoms with Gasteiger partial charge in [-0.3, -0.25) is 19.4 Å². The second-order valence-electron chi connectivity index (χ2n) is 6.67. The molecule has 1 atom stereocenters. The molecule has 1 aromatic carbocycles. The van der Waals surface area contributed by atoms with Gasteiger partial charge in [0.15, 0.2) is 5.78 Å². The molecule has 5 heteroatoms. The number of hydrogen-bond acceptors (Lipinski definition) is 5. The van der Waals surface area contributed by atoms with Gasteiger partial charge in [-0.2, -0.15) is 0 Å². The SMILES string of the molecule is CC(=O)CN1CCN(CCCc2ccc(C(C)=O)cc2)[C@@H](CO)C1. The van der Waals surface area contributed by atoms with E-state index in [1.165, 1.54) is 5.56 Å². The molecule has 5 nitrogen and oxygen atoms in total. The minimum atomic E-state index is 0.0933. The van der Waals surface area contributed by atoms with E-state index in [0.717, 1.165) is 44.6 Å². The number of nitrogens with zero attached hydrogens (tertiary/aromatic N) is 2. The summed E-state index contributed by atoms with van der Waals surface area (Å²) in [6.07, 6.45) is 1.98. The Labute approximate surface area is 144 Å². The molecule has 132 valence electrons. The van der Waals surface area contributed by atoms with Crippen molar-refractivity contribution in [2.24, 2.45) is 0 Å². The molecule has 0 saturated carbocycles. The van der Waals surface area contributed by atoms with Crippen molar-refractivity contribution in [3.63, 3.8) is 0 Å². The second-order valence-corrected chi connectivity index (χ2v) is 6.67. The van der Waals surface area contributed by atoms with Gasteiger partial charge in [-0.25, -0.2) is 0 Å². The van der Waals surface area contributed by atoms with Crippen LogP contribution >= 0.6 is 0 Å². The van der Waals surface area contributed by atoms with Gasteiger partial charge in [-0.15, -0.1) is 0 Å². The maximum Gasteiger partial charge on any atom is 0.159 e. The predicted molar refractivity (Wildman–Crippen MR) is 94.3 cm³/mol. The summed E-state index contributed by atoms with van der Waals surface area (Å²) in [5.41, 5.74) is 1.98. The van der Waals surface area contributed by atoms with E-state index in [0.29, 0.717) is 6.54 Å². The molecule has 0 aliphatic carbocycles. The van der Waals surface area contributed by atoms with Crippen molar-refractivity contribution in [2.45, 2.75) is 32.7 Å². The Balaban J connectivity index is 1.79. The number of aliphatic hydroxyl groups is 1. The summed E-state index contributed by atoms with van der Waals surface area (Å²) < 4.78 is 0. The van der Waals surface area contributed by atoms with Gasteiger partial charge in [-0.05, 0) is 38.8 Å². The van der Waals surface area contributed by atoms with E-state index in [2.05, 4.69) is 9.80 Å². The molecule has 0 aromatic heterocycles. The monoisotopic (exact) mass is 332 g/mol. The van der Waals surface area contributed by atoms with Crippen molar-refractivity contribution in [2.75, 3.05) is 39.3 Å². The molecule has 24 heavy (non-hydrogen) atoms. The van der Waals surface area contributed by atoms with E-state index in [-0.39, 0.29) is 24.2 Å². The van der Waals surface area contributed by atoms with Crippen molar-refractivity contribution in [1.29, 1.82) is 0 Å². The normalized spacial score (nSPS) is 19.4. The highest BCUT2D eigenvalue weighted by molar-refractivity contribution is 5.94. The molecule has 1 saturated heterocycles. The average molecular weight is 332 g/mol. The van der Waals surface area contributed by atoms with Crippen molar-refractivity contribution in [1.82, 2.24) is 9.80 Å². The first-order chi connectivity index (χ1) is 11.5. The number of carbonyl (C=O) groups is 2. The first-order valence-electron chi connectivity index (χ1n) is 8.66. The number of Topliss-reactive ketones (excluding diaryl/α,β-unsaturated/α-hetero) is 2. The van der Waals surface area contributed by atoms with E-state index in [4.69, 9.17) is 0 Å². The van der Waals surface area contributed by atoms with Crippen LogP contribution in [0.4, 0.5) is 0 Å². The lowest BCUT2D eigenvalue weighted by atomic mass is 10.0. The Morgan fingerprint density at radius 3 is 2.46 bits per heavy atom. The smallest absolute Gasteiger partial charge is 0.159 e. The van der Waals surface area contributed by atoms with Gasteiger partial charge >= 0.3 is 0 Å². The van der Waals surface area contributed by atoms with Crippen LogP contribution < -0.4 is 0 Å². The lowest BCUT2D eigenvalue weighted by molar-refractivity contribution is -0.119. The minimum absolute atomic E-state index is 0.0933. The van der Waals surface area contributed by atoms with Gasteiger partial charge in [0.05, 0.1) is 13.2 Å². The molecule has 0 radical (unpaired) electrons. The number of rotatable bonds is 8. The molecule has 0 bridgehead atoms. The topological polar surface area (TPSA) is 60.9 Å². The molecular formula is C19H28N2O3. The summed E-state index contributed by atoms with van der Waals surface area (Å²) in [6, 6.07) is 7.91. The number of carbonyl (C=O) groups excluding carboxylic acids is 2. The second kappa shape index (κ2) is 9.06. The fourth-order valence-corrected chi connectivity index (χ4v) is 3.28. The van der Waals surface area contributed by atoms with E-state index in [1.54, 1.807) is 13.8 Å². The Kier molecular flexibility index (Phi) is 7.09. The van der Waals surface area contributed by atoms with Gasteiger partial charge in [0, 0.05) is 31.2 Å². The highest BCUT2D eigenvalue weighted by Gasteiger charge is 2.26. The average Bonchev–Trinajstić information content (AvgIpc) is 2.56. The van der Waals surface area contributed by atoms with E-state index in [1.807, 2.05) is 24.3 Å². The Morgan fingerprint density at radius 1 is 1.17 bits per heavy atom. The van der Waals surface area contributed by atoms with Gasteiger partial charge in [0.2, 0.25) is 0 Å². The zero-order valence-corrected chi connectivity index (χ0v) is 14.7. The fourth-order valence-electron chi connectivity index (χ4n) is 3.28. The van der Waals surface area contributed by atoms with Crippen molar-refractivity contribution < 1.29 is 14.7 Å². The number of aliphatic hydroxyl groups excluding tert-OH is 1. The van der Waals surface area contributed by atoms with Crippen LogP contribution in [0.1, 0.15) is 36.2 Å². The Bertz CT molecular complexity index is 556. The third-order valence-corrected chi connectivity index (χ3v) is 4.62. The maximum atomic E-state index is 11.3. The number of benzene rings is 1. The molecule has 1 fully saturated rings. The van der Waals surface area contributed by atoms with Crippen LogP contribution in [0, 0.1) is 0 Å². The van der Waals surface area contributed by atoms with E-state index < -0.39 is 0 Å². The number of ketones is 2. The van der Waals surface area contributed by atoms with Crippen LogP contribution in [0.2, 0.25) is 0 Å². The van der Waals surface area contributed by atoms with Crippen LogP contribution in [0.3, 0.4) is 0 Å². The largest absolute Gasteiger partial charge is 0.395 e. The molecule has 1 heterocycles. The zero-order valence-electron chi connectivity index (χ0n) is 14.7. The number of hydrogen-bond donors (Lipinski definition) is 1. The van der Waals surface area contributed by atoms with Crippen LogP contribution in [-0.4, -0.2) is 71.8 Å². The lowest BCUT2D eigenvalue weighted by Gasteiger charge is -2.40. The van der Waals surface area contributed by atoms with Gasteiger partial charge in [-0.1, -0.05) is 24.3 Å². The van der Waals surface area contributed by atoms with Crippen molar-refractivity contribution >= 4 is 11.6 Å². The number of aryl methyl sites for hydroxylation is 1. The standard InChI is InChI=1S/C19H28N2O3/c1-15(23)12-20-10-11-21(19(13-20)14-22)9-3-4-17-5-7-18(8-6-17)16(2)24/h5-8,19,22H,3-4,9-14H2,1-2H3/t19-/m1/s1. The zero-order chi connectivity index (χ0) is 17.5. The van der Waals surface area contributed by atoms with Crippen LogP contribution in [-0.2, 0) is 11.2 Å². The van der Waals surface area contributed by atoms with Gasteiger partial charge in [0.25, 0.3) is 0 Å². The van der Waals surface area contributed by atoms with Gasteiger partial charge in [0.1, 0.15) is 5.78 Å². The fraction of sp³-hybridized carbons (Fsp3) is 0.579. The lowest BCUT2D eigenvalue weighted by Crippen LogP contribution is -2.55. The first-order valence-corrected chi connectivity index (χ1v) is 8.66. The summed E-state index contributed by atoms with van der Waals surface area (Å²) in [4.78, 5) is 27.0. The van der Waals surface area contributed by atoms with Crippen LogP contribution in [0.25, 0.3) is 0 Å². The molecule has 0 spiro atoms. The Morgan fingerprint density at radius 2 is 1.88 bits per heavy atom. The van der Waals surface area contributed by atoms with Crippen molar-refractivity contribution in [3.8, 4) is 0 Å². The predicted octanol–water partition coefficient (Wildman–Crippen LogP) is 1.39. The molecule has 0 unspecified atom stereocenters. The minimum Gasteiger partial charge on any atom is -0.395 e. The molecule has 1 aliphatic rings. The van der Waals surface area contributed by atoms with E-state index >= 15 is 0 Å². The van der Waals surface area contributed by atoms with Crippen molar-refractivity contribution in [3.05, 3.63) is 35.4 Å².